The fourth-order valence-electron chi connectivity index (χ4n) is 3.54. The van der Waals surface area contributed by atoms with Gasteiger partial charge in [-0.2, -0.15) is 0 Å². The number of sulfone groups is 1. The van der Waals surface area contributed by atoms with Gasteiger partial charge in [-0.1, -0.05) is 24.3 Å². The molecule has 3 rings (SSSR count). The quantitative estimate of drug-likeness (QED) is 0.559. The lowest BCUT2D eigenvalue weighted by atomic mass is 10.1. The molecule has 0 saturated carbocycles. The topological polar surface area (TPSA) is 74.2 Å². The first-order valence-corrected chi connectivity index (χ1v) is 12.0. The summed E-state index contributed by atoms with van der Waals surface area (Å²) in [5.41, 5.74) is 3.10. The highest BCUT2D eigenvalue weighted by atomic mass is 32.2. The molecule has 0 spiro atoms. The summed E-state index contributed by atoms with van der Waals surface area (Å²) in [4.78, 5) is 9.06. The van der Waals surface area contributed by atoms with Gasteiger partial charge in [0.25, 0.3) is 0 Å². The van der Waals surface area contributed by atoms with Crippen LogP contribution >= 0.6 is 0 Å². The van der Waals surface area contributed by atoms with Gasteiger partial charge in [0, 0.05) is 51.7 Å². The molecule has 30 heavy (non-hydrogen) atoms. The number of nitrogens with one attached hydrogen (secondary N) is 1. The Morgan fingerprint density at radius 3 is 2.13 bits per heavy atom. The molecule has 2 aromatic carbocycles. The summed E-state index contributed by atoms with van der Waals surface area (Å²) in [6.45, 7) is 4.27. The molecule has 0 aromatic heterocycles. The average Bonchev–Trinajstić information content (AvgIpc) is 2.75. The van der Waals surface area contributed by atoms with Crippen molar-refractivity contribution >= 4 is 21.5 Å². The van der Waals surface area contributed by atoms with Crippen LogP contribution in [0, 0.1) is 0 Å². The van der Waals surface area contributed by atoms with Gasteiger partial charge in [-0.25, -0.2) is 8.42 Å². The van der Waals surface area contributed by atoms with Crippen LogP contribution in [0.15, 0.2) is 53.5 Å². The van der Waals surface area contributed by atoms with Crippen LogP contribution in [0.2, 0.25) is 0 Å². The van der Waals surface area contributed by atoms with Crippen LogP contribution in [-0.2, 0) is 22.1 Å². The van der Waals surface area contributed by atoms with E-state index in [-0.39, 0.29) is 5.75 Å². The Morgan fingerprint density at radius 2 is 1.60 bits per heavy atom. The smallest absolute Gasteiger partial charge is 0.194 e. The van der Waals surface area contributed by atoms with Crippen LogP contribution in [0.5, 0.6) is 5.75 Å². The molecule has 0 unspecified atom stereocenters. The standard InChI is InChI=1S/C22H30N4O3S/c1-23-22(24-16-18-4-6-19(7-5-18)17-30(3,27)28)26-14-12-25(13-15-26)20-8-10-21(29-2)11-9-20/h4-11H,12-17H2,1-3H3,(H,23,24). The van der Waals surface area contributed by atoms with Crippen molar-refractivity contribution in [3.05, 3.63) is 59.7 Å². The summed E-state index contributed by atoms with van der Waals surface area (Å²) in [7, 11) is 0.462. The molecule has 162 valence electrons. The van der Waals surface area contributed by atoms with Crippen LogP contribution in [0.25, 0.3) is 0 Å². The number of guanidine groups is 1. The van der Waals surface area contributed by atoms with E-state index in [0.29, 0.717) is 6.54 Å². The van der Waals surface area contributed by atoms with Gasteiger partial charge < -0.3 is 19.9 Å². The molecule has 1 fully saturated rings. The molecular formula is C22H30N4O3S. The van der Waals surface area contributed by atoms with Gasteiger partial charge in [-0.15, -0.1) is 0 Å². The minimum atomic E-state index is -3.01. The van der Waals surface area contributed by atoms with Gasteiger partial charge in [0.2, 0.25) is 0 Å². The fraction of sp³-hybridized carbons (Fsp3) is 0.409. The lowest BCUT2D eigenvalue weighted by Gasteiger charge is -2.37. The van der Waals surface area contributed by atoms with Crippen molar-refractivity contribution in [2.24, 2.45) is 4.99 Å². The number of hydrogen-bond donors (Lipinski definition) is 1. The Morgan fingerprint density at radius 1 is 1.00 bits per heavy atom. The normalized spacial score (nSPS) is 15.2. The number of benzene rings is 2. The highest BCUT2D eigenvalue weighted by Crippen LogP contribution is 2.20. The minimum Gasteiger partial charge on any atom is -0.497 e. The highest BCUT2D eigenvalue weighted by Gasteiger charge is 2.19. The lowest BCUT2D eigenvalue weighted by molar-refractivity contribution is 0.372. The third-order valence-corrected chi connectivity index (χ3v) is 5.99. The van der Waals surface area contributed by atoms with Crippen molar-refractivity contribution in [3.8, 4) is 5.75 Å². The fourth-order valence-corrected chi connectivity index (χ4v) is 4.34. The van der Waals surface area contributed by atoms with Gasteiger partial charge in [-0.05, 0) is 35.4 Å². The van der Waals surface area contributed by atoms with Crippen molar-refractivity contribution in [1.82, 2.24) is 10.2 Å². The third-order valence-electron chi connectivity index (χ3n) is 5.13. The number of anilines is 1. The molecule has 8 heteroatoms. The number of nitrogens with zero attached hydrogens (tertiary/aromatic N) is 3. The summed E-state index contributed by atoms with van der Waals surface area (Å²) < 4.78 is 28.1. The zero-order valence-electron chi connectivity index (χ0n) is 17.8. The summed E-state index contributed by atoms with van der Waals surface area (Å²) >= 11 is 0. The SMILES string of the molecule is CN=C(NCc1ccc(CS(C)(=O)=O)cc1)N1CCN(c2ccc(OC)cc2)CC1. The van der Waals surface area contributed by atoms with Crippen molar-refractivity contribution in [3.63, 3.8) is 0 Å². The van der Waals surface area contributed by atoms with Crippen LogP contribution in [0.1, 0.15) is 11.1 Å². The highest BCUT2D eigenvalue weighted by molar-refractivity contribution is 7.89. The first-order valence-electron chi connectivity index (χ1n) is 9.98. The Bertz CT molecular complexity index is 949. The Labute approximate surface area is 179 Å². The summed E-state index contributed by atoms with van der Waals surface area (Å²) in [6, 6.07) is 15.8. The van der Waals surface area contributed by atoms with Crippen molar-refractivity contribution < 1.29 is 13.2 Å². The van der Waals surface area contributed by atoms with E-state index >= 15 is 0 Å². The van der Waals surface area contributed by atoms with E-state index in [2.05, 4.69) is 32.2 Å². The molecule has 0 atom stereocenters. The van der Waals surface area contributed by atoms with Gasteiger partial charge >= 0.3 is 0 Å². The molecule has 0 bridgehead atoms. The number of piperazine rings is 1. The molecular weight excluding hydrogens is 400 g/mol. The largest absolute Gasteiger partial charge is 0.497 e. The monoisotopic (exact) mass is 430 g/mol. The van der Waals surface area contributed by atoms with E-state index in [9.17, 15) is 8.42 Å². The second-order valence-corrected chi connectivity index (χ2v) is 9.60. The predicted octanol–water partition coefficient (Wildman–Crippen LogP) is 2.14. The first kappa shape index (κ1) is 22.0. The van der Waals surface area contributed by atoms with Crippen molar-refractivity contribution in [2.45, 2.75) is 12.3 Å². The molecule has 2 aromatic rings. The van der Waals surface area contributed by atoms with E-state index in [4.69, 9.17) is 4.74 Å². The molecule has 1 aliphatic rings. The average molecular weight is 431 g/mol. The van der Waals surface area contributed by atoms with E-state index in [1.54, 1.807) is 14.2 Å². The molecule has 0 radical (unpaired) electrons. The van der Waals surface area contributed by atoms with E-state index < -0.39 is 9.84 Å². The number of aliphatic imine (C=N–C) groups is 1. The maximum absolute atomic E-state index is 11.4. The Hall–Kier alpha value is -2.74. The molecule has 1 N–H and O–H groups in total. The Balaban J connectivity index is 1.51. The maximum atomic E-state index is 11.4. The van der Waals surface area contributed by atoms with Gasteiger partial charge in [0.15, 0.2) is 15.8 Å². The third kappa shape index (κ3) is 6.13. The summed E-state index contributed by atoms with van der Waals surface area (Å²) in [5.74, 6) is 1.82. The van der Waals surface area contributed by atoms with E-state index in [1.165, 1.54) is 11.9 Å². The van der Waals surface area contributed by atoms with Gasteiger partial charge in [0.05, 0.1) is 12.9 Å². The van der Waals surface area contributed by atoms with Crippen molar-refractivity contribution in [1.29, 1.82) is 0 Å². The van der Waals surface area contributed by atoms with Crippen molar-refractivity contribution in [2.75, 3.05) is 51.5 Å². The van der Waals surface area contributed by atoms with Gasteiger partial charge in [0.1, 0.15) is 5.75 Å². The first-order chi connectivity index (χ1) is 14.4. The molecule has 0 aliphatic carbocycles. The second-order valence-electron chi connectivity index (χ2n) is 7.46. The Kier molecular flexibility index (Phi) is 7.20. The summed E-state index contributed by atoms with van der Waals surface area (Å²) in [5, 5.41) is 3.42. The van der Waals surface area contributed by atoms with Crippen LogP contribution < -0.4 is 15.0 Å². The zero-order chi connectivity index (χ0) is 21.6. The van der Waals surface area contributed by atoms with Crippen LogP contribution in [0.3, 0.4) is 0 Å². The molecule has 1 heterocycles. The second kappa shape index (κ2) is 9.84. The van der Waals surface area contributed by atoms with E-state index in [1.807, 2.05) is 36.4 Å². The summed E-state index contributed by atoms with van der Waals surface area (Å²) in [6.07, 6.45) is 1.25. The lowest BCUT2D eigenvalue weighted by Crippen LogP contribution is -2.52. The molecule has 7 nitrogen and oxygen atoms in total. The number of ether oxygens (including phenoxy) is 1. The molecule has 1 saturated heterocycles. The maximum Gasteiger partial charge on any atom is 0.194 e. The van der Waals surface area contributed by atoms with Crippen LogP contribution in [0.4, 0.5) is 5.69 Å². The number of methoxy groups -OCH3 is 1. The van der Waals surface area contributed by atoms with Gasteiger partial charge in [-0.3, -0.25) is 4.99 Å². The minimum absolute atomic E-state index is 0.0703. The number of rotatable bonds is 6. The molecule has 1 aliphatic heterocycles. The van der Waals surface area contributed by atoms with Crippen LogP contribution in [-0.4, -0.2) is 65.9 Å². The number of hydrogen-bond acceptors (Lipinski definition) is 5. The van der Waals surface area contributed by atoms with E-state index in [0.717, 1.165) is 49.0 Å². The predicted molar refractivity (Wildman–Crippen MR) is 122 cm³/mol. The zero-order valence-corrected chi connectivity index (χ0v) is 18.7. The molecule has 0 amide bonds.